The molecular formula is C30H35F3N2O5. The summed E-state index contributed by atoms with van der Waals surface area (Å²) in [6, 6.07) is 14.0. The minimum Gasteiger partial charge on any atom is -0.496 e. The van der Waals surface area contributed by atoms with Gasteiger partial charge in [-0.05, 0) is 69.9 Å². The number of hydrogen-bond donors (Lipinski definition) is 1. The smallest absolute Gasteiger partial charge is 0.406 e. The first kappa shape index (κ1) is 29.5. The molecule has 1 aliphatic carbocycles. The molecule has 1 aliphatic heterocycles. The molecule has 1 heterocycles. The van der Waals surface area contributed by atoms with E-state index in [4.69, 9.17) is 14.3 Å². The van der Waals surface area contributed by atoms with Gasteiger partial charge >= 0.3 is 12.1 Å². The molecule has 0 bridgehead atoms. The molecule has 2 aromatic rings. The number of halogens is 3. The van der Waals surface area contributed by atoms with Crippen molar-refractivity contribution in [1.82, 2.24) is 5.48 Å². The highest BCUT2D eigenvalue weighted by molar-refractivity contribution is 5.92. The topological polar surface area (TPSA) is 77.1 Å². The van der Waals surface area contributed by atoms with Gasteiger partial charge in [0.2, 0.25) is 5.91 Å². The van der Waals surface area contributed by atoms with Crippen LogP contribution in [0.3, 0.4) is 0 Å². The molecule has 216 valence electrons. The van der Waals surface area contributed by atoms with Gasteiger partial charge in [0.25, 0.3) is 0 Å². The van der Waals surface area contributed by atoms with Crippen LogP contribution in [0.5, 0.6) is 5.75 Å². The number of alkyl halides is 3. The van der Waals surface area contributed by atoms with Gasteiger partial charge in [-0.3, -0.25) is 19.9 Å². The number of hydroxylamine groups is 1. The molecule has 3 atom stereocenters. The van der Waals surface area contributed by atoms with Crippen LogP contribution >= 0.6 is 0 Å². The third-order valence-corrected chi connectivity index (χ3v) is 7.12. The first-order valence-electron chi connectivity index (χ1n) is 13.2. The average molecular weight is 561 g/mol. The van der Waals surface area contributed by atoms with E-state index in [1.54, 1.807) is 0 Å². The number of hydrogen-bond acceptors (Lipinski definition) is 6. The maximum atomic E-state index is 13.4. The zero-order valence-electron chi connectivity index (χ0n) is 23.3. The first-order chi connectivity index (χ1) is 18.7. The van der Waals surface area contributed by atoms with E-state index in [2.05, 4.69) is 5.48 Å². The lowest BCUT2D eigenvalue weighted by Gasteiger charge is -2.43. The number of ether oxygens (including phenoxy) is 2. The first-order valence-corrected chi connectivity index (χ1v) is 13.2. The number of carbonyl (C=O) groups is 2. The Hall–Kier alpha value is -3.53. The van der Waals surface area contributed by atoms with Crippen molar-refractivity contribution >= 4 is 23.3 Å². The summed E-state index contributed by atoms with van der Waals surface area (Å²) in [5.74, 6) is -1.55. The molecule has 1 unspecified atom stereocenters. The van der Waals surface area contributed by atoms with Crippen LogP contribution in [0.1, 0.15) is 64.0 Å². The van der Waals surface area contributed by atoms with Crippen LogP contribution in [0.25, 0.3) is 5.70 Å². The minimum absolute atomic E-state index is 0.0687. The fourth-order valence-electron chi connectivity index (χ4n) is 5.57. The summed E-state index contributed by atoms with van der Waals surface area (Å²) < 4.78 is 51.1. The second-order valence-corrected chi connectivity index (χ2v) is 11.2. The molecule has 0 saturated heterocycles. The fourth-order valence-corrected chi connectivity index (χ4v) is 5.57. The number of carbonyl (C=O) groups excluding carboxylic acids is 2. The maximum Gasteiger partial charge on any atom is 0.406 e. The Labute approximate surface area is 232 Å². The van der Waals surface area contributed by atoms with E-state index in [1.807, 2.05) is 57.2 Å². The monoisotopic (exact) mass is 560 g/mol. The third-order valence-electron chi connectivity index (χ3n) is 7.12. The van der Waals surface area contributed by atoms with E-state index in [9.17, 15) is 22.8 Å². The van der Waals surface area contributed by atoms with Gasteiger partial charge in [-0.2, -0.15) is 13.2 Å². The number of esters is 1. The van der Waals surface area contributed by atoms with Crippen molar-refractivity contribution < 1.29 is 37.1 Å². The van der Waals surface area contributed by atoms with Crippen LogP contribution < -0.4 is 15.1 Å². The zero-order valence-corrected chi connectivity index (χ0v) is 23.3. The Morgan fingerprint density at radius 1 is 1.12 bits per heavy atom. The quantitative estimate of drug-likeness (QED) is 0.427. The van der Waals surface area contributed by atoms with Crippen molar-refractivity contribution in [3.8, 4) is 5.75 Å². The van der Waals surface area contributed by atoms with Crippen LogP contribution in [0, 0.1) is 5.92 Å². The summed E-state index contributed by atoms with van der Waals surface area (Å²) >= 11 is 0. The summed E-state index contributed by atoms with van der Waals surface area (Å²) in [6.45, 7) is 5.15. The summed E-state index contributed by atoms with van der Waals surface area (Å²) in [4.78, 5) is 32.5. The van der Waals surface area contributed by atoms with Gasteiger partial charge in [0, 0.05) is 24.1 Å². The van der Waals surface area contributed by atoms with Crippen LogP contribution in [0.4, 0.5) is 18.9 Å². The van der Waals surface area contributed by atoms with Crippen LogP contribution in [0.15, 0.2) is 54.6 Å². The van der Waals surface area contributed by atoms with Crippen molar-refractivity contribution in [2.24, 2.45) is 5.92 Å². The molecule has 2 aliphatic rings. The minimum atomic E-state index is -4.58. The number of nitrogens with zero attached hydrogens (tertiary/aromatic N) is 1. The van der Waals surface area contributed by atoms with Gasteiger partial charge in [0.15, 0.2) is 0 Å². The predicted molar refractivity (Wildman–Crippen MR) is 144 cm³/mol. The van der Waals surface area contributed by atoms with Crippen molar-refractivity contribution in [2.75, 3.05) is 18.6 Å². The highest BCUT2D eigenvalue weighted by Crippen LogP contribution is 2.51. The number of benzene rings is 2. The Kier molecular flexibility index (Phi) is 8.21. The maximum absolute atomic E-state index is 13.4. The van der Waals surface area contributed by atoms with Crippen molar-refractivity contribution in [3.05, 3.63) is 65.7 Å². The molecule has 4 rings (SSSR count). The lowest BCUT2D eigenvalue weighted by Crippen LogP contribution is -2.47. The molecule has 0 radical (unpaired) electrons. The van der Waals surface area contributed by atoms with Gasteiger partial charge in [0.1, 0.15) is 23.5 Å². The molecule has 1 saturated carbocycles. The summed E-state index contributed by atoms with van der Waals surface area (Å²) in [5.41, 5.74) is 3.24. The van der Waals surface area contributed by atoms with E-state index in [1.165, 1.54) is 25.3 Å². The molecule has 40 heavy (non-hydrogen) atoms. The number of methoxy groups -OCH3 is 1. The van der Waals surface area contributed by atoms with Crippen molar-refractivity contribution in [3.63, 3.8) is 0 Å². The van der Waals surface area contributed by atoms with E-state index in [0.717, 1.165) is 12.5 Å². The lowest BCUT2D eigenvalue weighted by molar-refractivity contribution is -0.168. The largest absolute Gasteiger partial charge is 0.496 e. The Morgan fingerprint density at radius 2 is 1.82 bits per heavy atom. The standard InChI is InChI=1S/C30H35F3N2O5/c1-19(36)35(18-30(31,32)33)21-13-14-25(38-5)23(16-21)24-17-29(40-34-24)15-9-12-22(27(37)39-28(2,3)4)26(29)20-10-7-6-8-11-20/h6-8,10-11,13-14,16-17,22,26,34H,9,12,15,18H2,1-5H3/t22?,26-,29+/m1/s1. The van der Waals surface area contributed by atoms with Gasteiger partial charge in [0.05, 0.1) is 18.7 Å². The molecule has 1 spiro atoms. The predicted octanol–water partition coefficient (Wildman–Crippen LogP) is 6.15. The van der Waals surface area contributed by atoms with Crippen LogP contribution in [-0.4, -0.2) is 42.9 Å². The summed E-state index contributed by atoms with van der Waals surface area (Å²) in [7, 11) is 1.45. The Morgan fingerprint density at radius 3 is 2.42 bits per heavy atom. The Bertz CT molecular complexity index is 1270. The highest BCUT2D eigenvalue weighted by Gasteiger charge is 2.52. The summed E-state index contributed by atoms with van der Waals surface area (Å²) in [5, 5.41) is 0. The van der Waals surface area contributed by atoms with Crippen LogP contribution in [-0.2, 0) is 19.2 Å². The van der Waals surface area contributed by atoms with Gasteiger partial charge in [-0.1, -0.05) is 30.3 Å². The SMILES string of the molecule is COc1ccc(N(CC(F)(F)F)C(C)=O)cc1C1=C[C@]2(CCCC(C(=O)OC(C)(C)C)[C@H]2c2ccccc2)ON1. The second kappa shape index (κ2) is 11.2. The molecular weight excluding hydrogens is 525 g/mol. The highest BCUT2D eigenvalue weighted by atomic mass is 19.4. The molecule has 2 aromatic carbocycles. The van der Waals surface area contributed by atoms with E-state index >= 15 is 0 Å². The molecule has 1 fully saturated rings. The second-order valence-electron chi connectivity index (χ2n) is 11.2. The summed E-state index contributed by atoms with van der Waals surface area (Å²) in [6.07, 6.45) is -0.791. The normalized spacial score (nSPS) is 22.9. The Balaban J connectivity index is 1.79. The molecule has 0 aromatic heterocycles. The van der Waals surface area contributed by atoms with E-state index in [0.29, 0.717) is 41.2 Å². The number of anilines is 1. The van der Waals surface area contributed by atoms with Gasteiger partial charge < -0.3 is 14.4 Å². The van der Waals surface area contributed by atoms with Crippen molar-refractivity contribution in [1.29, 1.82) is 0 Å². The fraction of sp³-hybridized carbons (Fsp3) is 0.467. The lowest BCUT2D eigenvalue weighted by atomic mass is 9.65. The van der Waals surface area contributed by atoms with Crippen LogP contribution in [0.2, 0.25) is 0 Å². The molecule has 10 heteroatoms. The van der Waals surface area contributed by atoms with Crippen molar-refractivity contribution in [2.45, 2.75) is 70.3 Å². The number of amides is 1. The van der Waals surface area contributed by atoms with E-state index in [-0.39, 0.29) is 11.7 Å². The van der Waals surface area contributed by atoms with E-state index < -0.39 is 41.7 Å². The zero-order chi connectivity index (χ0) is 29.3. The third kappa shape index (κ3) is 6.43. The van der Waals surface area contributed by atoms with Gasteiger partial charge in [-0.25, -0.2) is 0 Å². The molecule has 1 amide bonds. The average Bonchev–Trinajstić information content (AvgIpc) is 3.29. The number of nitrogens with one attached hydrogen (secondary N) is 1. The van der Waals surface area contributed by atoms with Gasteiger partial charge in [-0.15, -0.1) is 0 Å². The molecule has 1 N–H and O–H groups in total. The molecule has 7 nitrogen and oxygen atoms in total. The number of rotatable bonds is 6.